The molecule has 132 valence electrons. The maximum atomic E-state index is 12.1. The molecule has 0 fully saturated rings. The molecule has 0 bridgehead atoms. The zero-order valence-electron chi connectivity index (χ0n) is 14.5. The molecule has 2 aromatic rings. The number of hydrogen-bond acceptors (Lipinski definition) is 4. The number of para-hydroxylation sites is 2. The Hall–Kier alpha value is -3.02. The van der Waals surface area contributed by atoms with Gasteiger partial charge in [-0.1, -0.05) is 12.1 Å². The van der Waals surface area contributed by atoms with Crippen LogP contribution in [0.3, 0.4) is 0 Å². The van der Waals surface area contributed by atoms with Gasteiger partial charge in [0.15, 0.2) is 0 Å². The van der Waals surface area contributed by atoms with Gasteiger partial charge in [-0.3, -0.25) is 9.59 Å². The fraction of sp³-hybridized carbons (Fsp3) is 0.263. The van der Waals surface area contributed by atoms with E-state index in [0.29, 0.717) is 31.0 Å². The first-order valence-corrected chi connectivity index (χ1v) is 8.21. The lowest BCUT2D eigenvalue weighted by Gasteiger charge is -2.12. The second kappa shape index (κ2) is 9.32. The number of carbonyl (C=O) groups excluding carboxylic acids is 2. The summed E-state index contributed by atoms with van der Waals surface area (Å²) in [7, 11) is 0. The Kier molecular flexibility index (Phi) is 6.83. The first-order valence-electron chi connectivity index (χ1n) is 8.21. The lowest BCUT2D eigenvalue weighted by Crippen LogP contribution is -2.16. The highest BCUT2D eigenvalue weighted by Crippen LogP contribution is 2.23. The molecule has 0 aliphatic heterocycles. The van der Waals surface area contributed by atoms with Gasteiger partial charge in [0, 0.05) is 31.3 Å². The van der Waals surface area contributed by atoms with E-state index in [9.17, 15) is 9.59 Å². The van der Waals surface area contributed by atoms with Crippen LogP contribution in [0.4, 0.5) is 17.1 Å². The van der Waals surface area contributed by atoms with Crippen LogP contribution in [-0.2, 0) is 9.59 Å². The molecule has 0 saturated heterocycles. The van der Waals surface area contributed by atoms with Crippen LogP contribution < -0.4 is 20.7 Å². The van der Waals surface area contributed by atoms with Gasteiger partial charge in [-0.05, 0) is 43.3 Å². The Morgan fingerprint density at radius 1 is 0.960 bits per heavy atom. The van der Waals surface area contributed by atoms with Gasteiger partial charge >= 0.3 is 0 Å². The standard InChI is InChI=1S/C19H23N3O3/c1-3-25-18-7-5-4-6-17(18)22-19(24)12-13-20-15-8-10-16(11-9-15)21-14(2)23/h4-11,20H,3,12-13H2,1-2H3,(H,21,23)(H,22,24). The van der Waals surface area contributed by atoms with Crippen LogP contribution in [0.5, 0.6) is 5.75 Å². The molecule has 0 aliphatic rings. The highest BCUT2D eigenvalue weighted by molar-refractivity contribution is 5.92. The fourth-order valence-corrected chi connectivity index (χ4v) is 2.26. The van der Waals surface area contributed by atoms with Crippen molar-refractivity contribution >= 4 is 28.9 Å². The first-order chi connectivity index (χ1) is 12.1. The van der Waals surface area contributed by atoms with Gasteiger partial charge in [-0.15, -0.1) is 0 Å². The third-order valence-electron chi connectivity index (χ3n) is 3.35. The van der Waals surface area contributed by atoms with E-state index in [4.69, 9.17) is 4.74 Å². The summed E-state index contributed by atoms with van der Waals surface area (Å²) < 4.78 is 5.49. The number of anilines is 3. The normalized spacial score (nSPS) is 10.0. The quantitative estimate of drug-likeness (QED) is 0.687. The summed E-state index contributed by atoms with van der Waals surface area (Å²) >= 11 is 0. The van der Waals surface area contributed by atoms with Crippen molar-refractivity contribution in [2.45, 2.75) is 20.3 Å². The topological polar surface area (TPSA) is 79.5 Å². The average Bonchev–Trinajstić information content (AvgIpc) is 2.58. The lowest BCUT2D eigenvalue weighted by atomic mass is 10.2. The van der Waals surface area contributed by atoms with Crippen molar-refractivity contribution in [1.82, 2.24) is 0 Å². The van der Waals surface area contributed by atoms with E-state index in [1.165, 1.54) is 6.92 Å². The van der Waals surface area contributed by atoms with E-state index < -0.39 is 0 Å². The Bertz CT molecular complexity index is 714. The summed E-state index contributed by atoms with van der Waals surface area (Å²) in [6.07, 6.45) is 0.327. The average molecular weight is 341 g/mol. The highest BCUT2D eigenvalue weighted by Gasteiger charge is 2.07. The molecule has 0 saturated carbocycles. The van der Waals surface area contributed by atoms with E-state index in [1.54, 1.807) is 0 Å². The van der Waals surface area contributed by atoms with Gasteiger partial charge in [0.1, 0.15) is 5.75 Å². The number of carbonyl (C=O) groups is 2. The number of ether oxygens (including phenoxy) is 1. The Morgan fingerprint density at radius 3 is 2.32 bits per heavy atom. The predicted molar refractivity (Wildman–Crippen MR) is 100 cm³/mol. The second-order valence-electron chi connectivity index (χ2n) is 5.41. The molecule has 2 aromatic carbocycles. The lowest BCUT2D eigenvalue weighted by molar-refractivity contribution is -0.116. The Labute approximate surface area is 147 Å². The number of amides is 2. The van der Waals surface area contributed by atoms with Crippen molar-refractivity contribution in [3.8, 4) is 5.75 Å². The Morgan fingerprint density at radius 2 is 1.64 bits per heavy atom. The third kappa shape index (κ3) is 6.18. The molecule has 0 aromatic heterocycles. The van der Waals surface area contributed by atoms with Gasteiger partial charge in [0.05, 0.1) is 12.3 Å². The third-order valence-corrected chi connectivity index (χ3v) is 3.35. The summed E-state index contributed by atoms with van der Waals surface area (Å²) in [5.74, 6) is 0.471. The molecule has 0 spiro atoms. The first kappa shape index (κ1) is 18.3. The molecule has 25 heavy (non-hydrogen) atoms. The molecule has 2 amide bonds. The molecular weight excluding hydrogens is 318 g/mol. The zero-order valence-corrected chi connectivity index (χ0v) is 14.5. The minimum atomic E-state index is -0.107. The van der Waals surface area contributed by atoms with Crippen molar-refractivity contribution in [3.05, 3.63) is 48.5 Å². The molecule has 2 rings (SSSR count). The van der Waals surface area contributed by atoms with Crippen molar-refractivity contribution in [1.29, 1.82) is 0 Å². The monoisotopic (exact) mass is 341 g/mol. The smallest absolute Gasteiger partial charge is 0.226 e. The van der Waals surface area contributed by atoms with Gasteiger partial charge in [-0.25, -0.2) is 0 Å². The van der Waals surface area contributed by atoms with Crippen molar-refractivity contribution in [2.24, 2.45) is 0 Å². The zero-order chi connectivity index (χ0) is 18.1. The van der Waals surface area contributed by atoms with Gasteiger partial charge in [0.2, 0.25) is 11.8 Å². The maximum absolute atomic E-state index is 12.1. The summed E-state index contributed by atoms with van der Waals surface area (Å²) in [5, 5.41) is 8.74. The molecular formula is C19H23N3O3. The van der Waals surface area contributed by atoms with E-state index in [2.05, 4.69) is 16.0 Å². The van der Waals surface area contributed by atoms with Crippen LogP contribution in [0, 0.1) is 0 Å². The highest BCUT2D eigenvalue weighted by atomic mass is 16.5. The summed E-state index contributed by atoms with van der Waals surface area (Å²) in [6, 6.07) is 14.7. The van der Waals surface area contributed by atoms with Crippen molar-refractivity contribution < 1.29 is 14.3 Å². The molecule has 3 N–H and O–H groups in total. The number of hydrogen-bond donors (Lipinski definition) is 3. The van der Waals surface area contributed by atoms with Crippen LogP contribution in [-0.4, -0.2) is 25.0 Å². The fourth-order valence-electron chi connectivity index (χ4n) is 2.26. The molecule has 6 heteroatoms. The molecule has 6 nitrogen and oxygen atoms in total. The van der Waals surface area contributed by atoms with Crippen molar-refractivity contribution in [2.75, 3.05) is 29.1 Å². The minimum Gasteiger partial charge on any atom is -0.492 e. The van der Waals surface area contributed by atoms with Gasteiger partial charge in [-0.2, -0.15) is 0 Å². The van der Waals surface area contributed by atoms with Gasteiger partial charge in [0.25, 0.3) is 0 Å². The summed E-state index contributed by atoms with van der Waals surface area (Å²) in [6.45, 7) is 4.42. The predicted octanol–water partition coefficient (Wildman–Crippen LogP) is 3.48. The molecule has 0 heterocycles. The van der Waals surface area contributed by atoms with Crippen LogP contribution in [0.2, 0.25) is 0 Å². The van der Waals surface area contributed by atoms with E-state index >= 15 is 0 Å². The molecule has 0 atom stereocenters. The minimum absolute atomic E-state index is 0.0884. The summed E-state index contributed by atoms with van der Waals surface area (Å²) in [5.41, 5.74) is 2.30. The molecule has 0 unspecified atom stereocenters. The van der Waals surface area contributed by atoms with E-state index in [1.807, 2.05) is 55.5 Å². The number of rotatable bonds is 8. The SMILES string of the molecule is CCOc1ccccc1NC(=O)CCNc1ccc(NC(C)=O)cc1. The van der Waals surface area contributed by atoms with E-state index in [0.717, 1.165) is 11.4 Å². The second-order valence-corrected chi connectivity index (χ2v) is 5.41. The molecule has 0 aliphatic carbocycles. The maximum Gasteiger partial charge on any atom is 0.226 e. The van der Waals surface area contributed by atoms with Crippen LogP contribution in [0.1, 0.15) is 20.3 Å². The summed E-state index contributed by atoms with van der Waals surface area (Å²) in [4.78, 5) is 23.1. The van der Waals surface area contributed by atoms with Crippen LogP contribution in [0.15, 0.2) is 48.5 Å². The largest absolute Gasteiger partial charge is 0.492 e. The number of nitrogens with one attached hydrogen (secondary N) is 3. The van der Waals surface area contributed by atoms with Gasteiger partial charge < -0.3 is 20.7 Å². The van der Waals surface area contributed by atoms with Crippen LogP contribution >= 0.6 is 0 Å². The molecule has 0 radical (unpaired) electrons. The number of benzene rings is 2. The Balaban J connectivity index is 1.80. The van der Waals surface area contributed by atoms with Crippen LogP contribution in [0.25, 0.3) is 0 Å². The van der Waals surface area contributed by atoms with Crippen molar-refractivity contribution in [3.63, 3.8) is 0 Å². The van der Waals surface area contributed by atoms with E-state index in [-0.39, 0.29) is 11.8 Å².